The molecule has 5 N–H and O–H groups in total. The van der Waals surface area contributed by atoms with Crippen molar-refractivity contribution >= 4 is 16.0 Å². The Balaban J connectivity index is 4.17. The molecule has 13 heavy (non-hydrogen) atoms. The lowest BCUT2D eigenvalue weighted by Gasteiger charge is -2.16. The SMILES string of the molecule is CCN(CCC(N)=NO)S(N)(=O)=O. The quantitative estimate of drug-likeness (QED) is 0.225. The second-order valence-corrected chi connectivity index (χ2v) is 3.92. The van der Waals surface area contributed by atoms with E-state index < -0.39 is 10.2 Å². The molecule has 0 atom stereocenters. The molecule has 0 radical (unpaired) electrons. The van der Waals surface area contributed by atoms with Crippen LogP contribution >= 0.6 is 0 Å². The fourth-order valence-electron chi connectivity index (χ4n) is 0.755. The highest BCUT2D eigenvalue weighted by molar-refractivity contribution is 7.86. The van der Waals surface area contributed by atoms with E-state index in [0.717, 1.165) is 4.31 Å². The van der Waals surface area contributed by atoms with Gasteiger partial charge in [-0.2, -0.15) is 12.7 Å². The van der Waals surface area contributed by atoms with Gasteiger partial charge in [0.1, 0.15) is 5.84 Å². The molecule has 8 heteroatoms. The lowest BCUT2D eigenvalue weighted by Crippen LogP contribution is -2.38. The molecule has 0 aromatic rings. The van der Waals surface area contributed by atoms with Crippen LogP contribution in [0.3, 0.4) is 0 Å². The van der Waals surface area contributed by atoms with E-state index in [1.165, 1.54) is 0 Å². The van der Waals surface area contributed by atoms with Crippen LogP contribution in [0.4, 0.5) is 0 Å². The van der Waals surface area contributed by atoms with Crippen LogP contribution in [0.1, 0.15) is 13.3 Å². The van der Waals surface area contributed by atoms with Crippen molar-refractivity contribution in [3.05, 3.63) is 0 Å². The van der Waals surface area contributed by atoms with Crippen LogP contribution in [-0.2, 0) is 10.2 Å². The normalized spacial score (nSPS) is 13.6. The summed E-state index contributed by atoms with van der Waals surface area (Å²) in [5.41, 5.74) is 5.16. The zero-order chi connectivity index (χ0) is 10.5. The molecule has 7 nitrogen and oxygen atoms in total. The molecule has 0 aliphatic heterocycles. The Bertz CT molecular complexity index is 274. The summed E-state index contributed by atoms with van der Waals surface area (Å²) in [5.74, 6) is -0.0258. The zero-order valence-corrected chi connectivity index (χ0v) is 8.16. The van der Waals surface area contributed by atoms with E-state index in [0.29, 0.717) is 0 Å². The average Bonchev–Trinajstić information content (AvgIpc) is 2.02. The van der Waals surface area contributed by atoms with Crippen molar-refractivity contribution in [2.24, 2.45) is 16.0 Å². The number of hydrogen-bond donors (Lipinski definition) is 3. The summed E-state index contributed by atoms with van der Waals surface area (Å²) in [5, 5.41) is 15.8. The standard InChI is InChI=1S/C5H14N4O3S/c1-2-9(13(7,11)12)4-3-5(6)8-10/h10H,2-4H2,1H3,(H2,6,8)(H2,7,11,12). The Morgan fingerprint density at radius 1 is 1.62 bits per heavy atom. The Morgan fingerprint density at radius 2 is 2.15 bits per heavy atom. The lowest BCUT2D eigenvalue weighted by molar-refractivity contribution is 0.315. The van der Waals surface area contributed by atoms with E-state index >= 15 is 0 Å². The minimum atomic E-state index is -3.68. The van der Waals surface area contributed by atoms with Crippen LogP contribution < -0.4 is 10.9 Å². The molecule has 0 bridgehead atoms. The van der Waals surface area contributed by atoms with Gasteiger partial charge in [0.25, 0.3) is 10.2 Å². The molecule has 0 amide bonds. The highest BCUT2D eigenvalue weighted by Crippen LogP contribution is 1.95. The molecule has 0 fully saturated rings. The van der Waals surface area contributed by atoms with Gasteiger partial charge in [-0.1, -0.05) is 12.1 Å². The molecule has 0 heterocycles. The highest BCUT2D eigenvalue weighted by atomic mass is 32.2. The molecule has 0 aromatic heterocycles. The summed E-state index contributed by atoms with van der Waals surface area (Å²) in [6, 6.07) is 0. The monoisotopic (exact) mass is 210 g/mol. The average molecular weight is 210 g/mol. The topological polar surface area (TPSA) is 122 Å². The second-order valence-electron chi connectivity index (χ2n) is 2.38. The van der Waals surface area contributed by atoms with Gasteiger partial charge in [0, 0.05) is 19.5 Å². The summed E-state index contributed by atoms with van der Waals surface area (Å²) in [4.78, 5) is 0. The summed E-state index contributed by atoms with van der Waals surface area (Å²) in [6.45, 7) is 2.03. The molecule has 0 saturated carbocycles. The molecule has 0 saturated heterocycles. The van der Waals surface area contributed by atoms with Crippen molar-refractivity contribution in [2.75, 3.05) is 13.1 Å². The second kappa shape index (κ2) is 5.00. The van der Waals surface area contributed by atoms with Crippen LogP contribution in [0.2, 0.25) is 0 Å². The van der Waals surface area contributed by atoms with Gasteiger partial charge in [0.05, 0.1) is 0 Å². The van der Waals surface area contributed by atoms with Crippen LogP contribution in [-0.4, -0.2) is 36.9 Å². The van der Waals surface area contributed by atoms with Crippen molar-refractivity contribution in [1.82, 2.24) is 4.31 Å². The van der Waals surface area contributed by atoms with E-state index in [2.05, 4.69) is 5.16 Å². The van der Waals surface area contributed by atoms with Crippen molar-refractivity contribution < 1.29 is 13.6 Å². The van der Waals surface area contributed by atoms with Crippen LogP contribution in [0.15, 0.2) is 5.16 Å². The zero-order valence-electron chi connectivity index (χ0n) is 7.34. The first-order valence-electron chi connectivity index (χ1n) is 3.66. The van der Waals surface area contributed by atoms with Gasteiger partial charge in [-0.3, -0.25) is 0 Å². The molecule has 78 valence electrons. The number of rotatable bonds is 5. The third-order valence-corrected chi connectivity index (χ3v) is 2.62. The van der Waals surface area contributed by atoms with Gasteiger partial charge in [0.15, 0.2) is 0 Å². The molecule has 0 aromatic carbocycles. The van der Waals surface area contributed by atoms with Crippen LogP contribution in [0, 0.1) is 0 Å². The first-order valence-corrected chi connectivity index (χ1v) is 5.16. The molecule has 0 rings (SSSR count). The first-order chi connectivity index (χ1) is 5.91. The van der Waals surface area contributed by atoms with Gasteiger partial charge in [0.2, 0.25) is 0 Å². The third-order valence-electron chi connectivity index (χ3n) is 1.46. The smallest absolute Gasteiger partial charge is 0.276 e. The van der Waals surface area contributed by atoms with E-state index in [-0.39, 0.29) is 25.3 Å². The van der Waals surface area contributed by atoms with E-state index in [1.54, 1.807) is 6.92 Å². The van der Waals surface area contributed by atoms with Crippen molar-refractivity contribution in [3.8, 4) is 0 Å². The van der Waals surface area contributed by atoms with E-state index in [1.807, 2.05) is 0 Å². The Kier molecular flexibility index (Phi) is 4.67. The number of nitrogens with two attached hydrogens (primary N) is 2. The first kappa shape index (κ1) is 12.1. The van der Waals surface area contributed by atoms with Gasteiger partial charge in [-0.25, -0.2) is 5.14 Å². The molecule has 0 aliphatic rings. The summed E-state index contributed by atoms with van der Waals surface area (Å²) < 4.78 is 22.7. The molecule has 0 spiro atoms. The minimum absolute atomic E-state index is 0.0258. The van der Waals surface area contributed by atoms with Crippen molar-refractivity contribution in [2.45, 2.75) is 13.3 Å². The van der Waals surface area contributed by atoms with E-state index in [4.69, 9.17) is 16.1 Å². The molecule has 0 aliphatic carbocycles. The maximum Gasteiger partial charge on any atom is 0.276 e. The van der Waals surface area contributed by atoms with Crippen LogP contribution in [0.5, 0.6) is 0 Å². The van der Waals surface area contributed by atoms with E-state index in [9.17, 15) is 8.42 Å². The summed E-state index contributed by atoms with van der Waals surface area (Å²) in [6.07, 6.45) is 0.154. The maximum absolute atomic E-state index is 10.8. The maximum atomic E-state index is 10.8. The summed E-state index contributed by atoms with van der Waals surface area (Å²) >= 11 is 0. The predicted octanol–water partition coefficient (Wildman–Crippen LogP) is -1.35. The highest BCUT2D eigenvalue weighted by Gasteiger charge is 2.14. The Labute approximate surface area is 77.2 Å². The van der Waals surface area contributed by atoms with Gasteiger partial charge in [-0.15, -0.1) is 0 Å². The number of oxime groups is 1. The van der Waals surface area contributed by atoms with Crippen molar-refractivity contribution in [3.63, 3.8) is 0 Å². The number of hydrogen-bond acceptors (Lipinski definition) is 4. The fraction of sp³-hybridized carbons (Fsp3) is 0.800. The molecule has 0 unspecified atom stereocenters. The Hall–Kier alpha value is -0.860. The minimum Gasteiger partial charge on any atom is -0.409 e. The Morgan fingerprint density at radius 3 is 2.46 bits per heavy atom. The summed E-state index contributed by atoms with van der Waals surface area (Å²) in [7, 11) is -3.68. The largest absolute Gasteiger partial charge is 0.409 e. The molecular formula is C5H14N4O3S. The lowest BCUT2D eigenvalue weighted by atomic mass is 10.4. The van der Waals surface area contributed by atoms with Gasteiger partial charge >= 0.3 is 0 Å². The predicted molar refractivity (Wildman–Crippen MR) is 48.4 cm³/mol. The third kappa shape index (κ3) is 4.65. The molecular weight excluding hydrogens is 196 g/mol. The van der Waals surface area contributed by atoms with Crippen molar-refractivity contribution in [1.29, 1.82) is 0 Å². The number of amidine groups is 1. The van der Waals surface area contributed by atoms with Crippen LogP contribution in [0.25, 0.3) is 0 Å². The van der Waals surface area contributed by atoms with Gasteiger partial charge in [-0.05, 0) is 0 Å². The van der Waals surface area contributed by atoms with Gasteiger partial charge < -0.3 is 10.9 Å². The fourth-order valence-corrected chi connectivity index (χ4v) is 1.46. The number of nitrogens with zero attached hydrogens (tertiary/aromatic N) is 2.